The summed E-state index contributed by atoms with van der Waals surface area (Å²) in [6.45, 7) is 0.761. The van der Waals surface area contributed by atoms with E-state index in [1.165, 1.54) is 24.8 Å². The van der Waals surface area contributed by atoms with Gasteiger partial charge < -0.3 is 15.0 Å². The second-order valence-corrected chi connectivity index (χ2v) is 9.86. The molecule has 14 heteroatoms. The third-order valence-corrected chi connectivity index (χ3v) is 7.00. The van der Waals surface area contributed by atoms with Crippen LogP contribution in [0.15, 0.2) is 47.3 Å². The molecule has 2 amide bonds. The molecular formula is C26H22BrF2N7O4. The molecule has 1 aromatic carbocycles. The Morgan fingerprint density at radius 2 is 1.90 bits per heavy atom. The number of hydrogen-bond donors (Lipinski definition) is 1. The Bertz CT molecular complexity index is 1630. The summed E-state index contributed by atoms with van der Waals surface area (Å²) in [6.07, 6.45) is 1.55. The van der Waals surface area contributed by atoms with Gasteiger partial charge in [-0.25, -0.2) is 23.7 Å². The lowest BCUT2D eigenvalue weighted by Crippen LogP contribution is -2.44. The maximum absolute atomic E-state index is 14.4. The number of nitrogens with zero attached hydrogens (tertiary/aromatic N) is 6. The molecule has 4 aromatic rings. The van der Waals surface area contributed by atoms with Crippen molar-refractivity contribution < 1.29 is 27.9 Å². The van der Waals surface area contributed by atoms with E-state index in [1.54, 1.807) is 30.6 Å². The molecule has 1 fully saturated rings. The minimum atomic E-state index is -1.41. The molecule has 0 bridgehead atoms. The number of aromatic nitrogens is 5. The highest BCUT2D eigenvalue weighted by Crippen LogP contribution is 2.28. The first kappa shape index (κ1) is 27.2. The van der Waals surface area contributed by atoms with E-state index in [0.717, 1.165) is 16.5 Å². The molecule has 2 atom stereocenters. The minimum Gasteiger partial charge on any atom is -0.467 e. The summed E-state index contributed by atoms with van der Waals surface area (Å²) in [5.41, 5.74) is 2.07. The maximum Gasteiger partial charge on any atom is 0.316 e. The Morgan fingerprint density at radius 3 is 2.58 bits per heavy atom. The summed E-state index contributed by atoms with van der Waals surface area (Å²) in [4.78, 5) is 51.9. The molecule has 1 N–H and O–H groups in total. The summed E-state index contributed by atoms with van der Waals surface area (Å²) < 4.78 is 34.2. The predicted molar refractivity (Wildman–Crippen MR) is 143 cm³/mol. The third kappa shape index (κ3) is 5.39. The van der Waals surface area contributed by atoms with Crippen molar-refractivity contribution in [2.24, 2.45) is 0 Å². The van der Waals surface area contributed by atoms with Crippen molar-refractivity contribution in [3.63, 3.8) is 0 Å². The van der Waals surface area contributed by atoms with Gasteiger partial charge in [0, 0.05) is 36.7 Å². The fraction of sp³-hybridized carbons (Fsp3) is 0.269. The molecule has 5 rings (SSSR count). The molecule has 3 aromatic heterocycles. The maximum atomic E-state index is 14.4. The summed E-state index contributed by atoms with van der Waals surface area (Å²) in [5, 5.41) is 7.38. The molecular weight excluding hydrogens is 592 g/mol. The molecule has 40 heavy (non-hydrogen) atoms. The van der Waals surface area contributed by atoms with Gasteiger partial charge in [0.25, 0.3) is 0 Å². The molecule has 0 unspecified atom stereocenters. The number of likely N-dealkylation sites (tertiary alicyclic amines) is 1. The molecule has 0 spiro atoms. The van der Waals surface area contributed by atoms with E-state index >= 15 is 0 Å². The van der Waals surface area contributed by atoms with Gasteiger partial charge in [-0.3, -0.25) is 19.1 Å². The summed E-state index contributed by atoms with van der Waals surface area (Å²) in [6, 6.07) is 6.73. The van der Waals surface area contributed by atoms with Crippen molar-refractivity contribution in [2.45, 2.75) is 32.1 Å². The summed E-state index contributed by atoms with van der Waals surface area (Å²) in [7, 11) is 1.46. The SMILES string of the molecule is COc1ncc(-c2ccc3c(c2)c(C(C)=O)nn3CC(=O)N2C[C@H](F)C[C@H]2C(=O)Nc2ccc(F)c(Br)n2)cn1. The molecule has 1 saturated heterocycles. The van der Waals surface area contributed by atoms with Crippen LogP contribution in [-0.4, -0.2) is 73.1 Å². The quantitative estimate of drug-likeness (QED) is 0.247. The van der Waals surface area contributed by atoms with Gasteiger partial charge in [-0.2, -0.15) is 5.10 Å². The number of fused-ring (bicyclic) bond motifs is 1. The largest absolute Gasteiger partial charge is 0.467 e. The second-order valence-electron chi connectivity index (χ2n) is 9.11. The Kier molecular flexibility index (Phi) is 7.52. The van der Waals surface area contributed by atoms with Crippen molar-refractivity contribution in [1.29, 1.82) is 0 Å². The van der Waals surface area contributed by atoms with Crippen molar-refractivity contribution in [2.75, 3.05) is 19.0 Å². The monoisotopic (exact) mass is 613 g/mol. The number of halogens is 3. The number of nitrogens with one attached hydrogen (secondary N) is 1. The van der Waals surface area contributed by atoms with Crippen LogP contribution in [0.1, 0.15) is 23.8 Å². The topological polar surface area (TPSA) is 132 Å². The van der Waals surface area contributed by atoms with E-state index < -0.39 is 29.8 Å². The van der Waals surface area contributed by atoms with Crippen LogP contribution in [0.3, 0.4) is 0 Å². The first-order valence-electron chi connectivity index (χ1n) is 12.1. The molecule has 0 aliphatic carbocycles. The van der Waals surface area contributed by atoms with Crippen molar-refractivity contribution >= 4 is 50.2 Å². The fourth-order valence-corrected chi connectivity index (χ4v) is 4.86. The number of methoxy groups -OCH3 is 1. The zero-order valence-electron chi connectivity index (χ0n) is 21.3. The average Bonchev–Trinajstić information content (AvgIpc) is 3.51. The summed E-state index contributed by atoms with van der Waals surface area (Å²) in [5.74, 6) is -2.07. The number of benzene rings is 1. The van der Waals surface area contributed by atoms with Crippen LogP contribution in [-0.2, 0) is 16.1 Å². The van der Waals surface area contributed by atoms with Gasteiger partial charge in [0.1, 0.15) is 34.9 Å². The van der Waals surface area contributed by atoms with Crippen LogP contribution in [0.4, 0.5) is 14.6 Å². The molecule has 11 nitrogen and oxygen atoms in total. The van der Waals surface area contributed by atoms with Gasteiger partial charge in [-0.05, 0) is 45.8 Å². The van der Waals surface area contributed by atoms with E-state index in [-0.39, 0.29) is 47.4 Å². The highest BCUT2D eigenvalue weighted by atomic mass is 79.9. The number of anilines is 1. The molecule has 0 radical (unpaired) electrons. The van der Waals surface area contributed by atoms with E-state index in [9.17, 15) is 23.2 Å². The number of Topliss-reactive ketones (excluding diaryl/α,β-unsaturated/α-hetero) is 1. The first-order chi connectivity index (χ1) is 19.1. The lowest BCUT2D eigenvalue weighted by atomic mass is 10.0. The fourth-order valence-electron chi connectivity index (χ4n) is 4.53. The van der Waals surface area contributed by atoms with E-state index in [1.807, 2.05) is 0 Å². The molecule has 0 saturated carbocycles. The van der Waals surface area contributed by atoms with E-state index in [2.05, 4.69) is 41.3 Å². The van der Waals surface area contributed by atoms with Crippen molar-refractivity contribution in [3.05, 3.63) is 58.8 Å². The second kappa shape index (κ2) is 11.0. The van der Waals surface area contributed by atoms with E-state index in [4.69, 9.17) is 4.74 Å². The number of hydrogen-bond acceptors (Lipinski definition) is 8. The highest BCUT2D eigenvalue weighted by Gasteiger charge is 2.40. The minimum absolute atomic E-state index is 0.0511. The van der Waals surface area contributed by atoms with E-state index in [0.29, 0.717) is 16.5 Å². The van der Waals surface area contributed by atoms with Crippen LogP contribution >= 0.6 is 15.9 Å². The molecule has 1 aliphatic heterocycles. The first-order valence-corrected chi connectivity index (χ1v) is 12.9. The lowest BCUT2D eigenvalue weighted by molar-refractivity contribution is -0.137. The number of ketones is 1. The average molecular weight is 614 g/mol. The van der Waals surface area contributed by atoms with Crippen LogP contribution in [0.2, 0.25) is 0 Å². The Balaban J connectivity index is 1.39. The van der Waals surface area contributed by atoms with Gasteiger partial charge in [0.2, 0.25) is 11.8 Å². The Hall–Kier alpha value is -4.33. The van der Waals surface area contributed by atoms with Crippen LogP contribution in [0.25, 0.3) is 22.0 Å². The highest BCUT2D eigenvalue weighted by molar-refractivity contribution is 9.10. The van der Waals surface area contributed by atoms with Crippen LogP contribution in [0, 0.1) is 5.82 Å². The Morgan fingerprint density at radius 1 is 1.15 bits per heavy atom. The van der Waals surface area contributed by atoms with Gasteiger partial charge in [-0.15, -0.1) is 0 Å². The Labute approximate surface area is 234 Å². The number of amides is 2. The van der Waals surface area contributed by atoms with Gasteiger partial charge in [0.05, 0.1) is 19.2 Å². The number of carbonyl (C=O) groups excluding carboxylic acids is 3. The standard InChI is InChI=1S/C26H22BrF2N7O4/c1-13(37)23-17-7-14(15-9-30-26(40-2)31-10-15)3-5-19(17)36(34-23)12-22(38)35-11-16(28)8-20(35)25(39)33-21-6-4-18(29)24(27)32-21/h3-7,9-10,16,20H,8,11-12H2,1-2H3,(H,32,33,39)/t16-,20+/m1/s1. The van der Waals surface area contributed by atoms with Gasteiger partial charge in [-0.1, -0.05) is 6.07 Å². The van der Waals surface area contributed by atoms with Crippen molar-refractivity contribution in [1.82, 2.24) is 29.6 Å². The lowest BCUT2D eigenvalue weighted by Gasteiger charge is -2.23. The molecule has 206 valence electrons. The number of alkyl halides is 1. The van der Waals surface area contributed by atoms with Gasteiger partial charge in [0.15, 0.2) is 11.6 Å². The molecule has 1 aliphatic rings. The number of carbonyl (C=O) groups is 3. The predicted octanol–water partition coefficient (Wildman–Crippen LogP) is 3.58. The van der Waals surface area contributed by atoms with Crippen LogP contribution in [0.5, 0.6) is 6.01 Å². The third-order valence-electron chi connectivity index (χ3n) is 6.44. The smallest absolute Gasteiger partial charge is 0.316 e. The zero-order valence-corrected chi connectivity index (χ0v) is 22.9. The number of rotatable bonds is 7. The van der Waals surface area contributed by atoms with Crippen molar-refractivity contribution in [3.8, 4) is 17.1 Å². The van der Waals surface area contributed by atoms with Gasteiger partial charge >= 0.3 is 6.01 Å². The van der Waals surface area contributed by atoms with Crippen LogP contribution < -0.4 is 10.1 Å². The molecule has 4 heterocycles. The number of ether oxygens (including phenoxy) is 1. The number of pyridine rings is 1. The normalized spacial score (nSPS) is 16.8. The zero-order chi connectivity index (χ0) is 28.6. The summed E-state index contributed by atoms with van der Waals surface area (Å²) >= 11 is 2.95.